The van der Waals surface area contributed by atoms with E-state index in [1.54, 1.807) is 19.2 Å². The van der Waals surface area contributed by atoms with E-state index in [4.69, 9.17) is 14.9 Å². The highest BCUT2D eigenvalue weighted by atomic mass is 32.2. The van der Waals surface area contributed by atoms with Gasteiger partial charge in [0.15, 0.2) is 5.69 Å². The van der Waals surface area contributed by atoms with Crippen LogP contribution in [-0.2, 0) is 4.74 Å². The summed E-state index contributed by atoms with van der Waals surface area (Å²) in [5, 5.41) is 0.330. The number of nitrogens with two attached hydrogens (primary N) is 1. The molecule has 0 unspecified atom stereocenters. The first-order valence-corrected chi connectivity index (χ1v) is 6.02. The second kappa shape index (κ2) is 5.54. The first-order chi connectivity index (χ1) is 8.70. The molecule has 2 rings (SSSR count). The van der Waals surface area contributed by atoms with Crippen molar-refractivity contribution < 1.29 is 13.9 Å². The number of ether oxygens (including phenoxy) is 1. The van der Waals surface area contributed by atoms with Gasteiger partial charge in [0.1, 0.15) is 6.26 Å². The van der Waals surface area contributed by atoms with E-state index >= 15 is 0 Å². The highest BCUT2D eigenvalue weighted by molar-refractivity contribution is 7.99. The molecule has 18 heavy (non-hydrogen) atoms. The summed E-state index contributed by atoms with van der Waals surface area (Å²) in [4.78, 5) is 20.0. The van der Waals surface area contributed by atoms with Crippen LogP contribution in [-0.4, -0.2) is 22.5 Å². The fourth-order valence-electron chi connectivity index (χ4n) is 1.18. The molecule has 0 saturated carbocycles. The topological polar surface area (TPSA) is 91.2 Å². The molecule has 94 valence electrons. The molecule has 6 nitrogen and oxygen atoms in total. The normalized spacial score (nSPS) is 10.3. The van der Waals surface area contributed by atoms with E-state index in [0.717, 1.165) is 4.90 Å². The van der Waals surface area contributed by atoms with Crippen molar-refractivity contribution in [1.29, 1.82) is 0 Å². The summed E-state index contributed by atoms with van der Waals surface area (Å²) in [6.45, 7) is 2.02. The predicted octanol–water partition coefficient (Wildman–Crippen LogP) is 1.98. The Hall–Kier alpha value is -2.02. The van der Waals surface area contributed by atoms with Gasteiger partial charge >= 0.3 is 5.97 Å². The van der Waals surface area contributed by atoms with Crippen LogP contribution in [0.4, 0.5) is 5.69 Å². The lowest BCUT2D eigenvalue weighted by atomic mass is 10.4. The van der Waals surface area contributed by atoms with Crippen molar-refractivity contribution in [2.45, 2.75) is 17.0 Å². The van der Waals surface area contributed by atoms with E-state index in [1.807, 2.05) is 0 Å². The third kappa shape index (κ3) is 2.80. The number of rotatable bonds is 4. The van der Waals surface area contributed by atoms with Crippen LogP contribution in [0.1, 0.15) is 17.4 Å². The average molecular weight is 265 g/mol. The Morgan fingerprint density at radius 1 is 1.61 bits per heavy atom. The van der Waals surface area contributed by atoms with Crippen molar-refractivity contribution in [3.05, 3.63) is 30.4 Å². The van der Waals surface area contributed by atoms with Gasteiger partial charge in [-0.1, -0.05) is 0 Å². The van der Waals surface area contributed by atoms with Crippen molar-refractivity contribution >= 4 is 23.4 Å². The number of carbonyl (C=O) groups excluding carboxylic acids is 1. The molecular weight excluding hydrogens is 254 g/mol. The Morgan fingerprint density at radius 3 is 3.17 bits per heavy atom. The van der Waals surface area contributed by atoms with Crippen molar-refractivity contribution in [2.24, 2.45) is 0 Å². The number of hydrogen-bond acceptors (Lipinski definition) is 7. The molecule has 2 aromatic heterocycles. The van der Waals surface area contributed by atoms with E-state index in [0.29, 0.717) is 17.5 Å². The molecule has 0 aliphatic heterocycles. The summed E-state index contributed by atoms with van der Waals surface area (Å²) >= 11 is 1.22. The van der Waals surface area contributed by atoms with E-state index in [1.165, 1.54) is 24.2 Å². The third-order valence-electron chi connectivity index (χ3n) is 1.98. The van der Waals surface area contributed by atoms with Crippen LogP contribution in [0.5, 0.6) is 0 Å². The number of carbonyl (C=O) groups is 1. The number of nitrogen functional groups attached to an aromatic ring is 1. The van der Waals surface area contributed by atoms with Crippen LogP contribution in [0.2, 0.25) is 0 Å². The van der Waals surface area contributed by atoms with Crippen molar-refractivity contribution in [3.8, 4) is 0 Å². The van der Waals surface area contributed by atoms with Crippen molar-refractivity contribution in [1.82, 2.24) is 9.97 Å². The molecule has 2 N–H and O–H groups in total. The van der Waals surface area contributed by atoms with Gasteiger partial charge in [-0.3, -0.25) is 4.98 Å². The van der Waals surface area contributed by atoms with Crippen molar-refractivity contribution in [2.75, 3.05) is 12.3 Å². The molecule has 2 aromatic rings. The number of oxazole rings is 1. The van der Waals surface area contributed by atoms with Gasteiger partial charge in [-0.15, -0.1) is 0 Å². The van der Waals surface area contributed by atoms with Crippen LogP contribution in [0, 0.1) is 0 Å². The first-order valence-electron chi connectivity index (χ1n) is 5.20. The van der Waals surface area contributed by atoms with Gasteiger partial charge in [-0.05, 0) is 24.8 Å². The van der Waals surface area contributed by atoms with E-state index < -0.39 is 5.97 Å². The maximum Gasteiger partial charge on any atom is 0.360 e. The lowest BCUT2D eigenvalue weighted by Gasteiger charge is -1.99. The lowest BCUT2D eigenvalue weighted by molar-refractivity contribution is 0.0519. The fourth-order valence-corrected chi connectivity index (χ4v) is 1.91. The number of anilines is 1. The maximum atomic E-state index is 11.4. The molecule has 0 bridgehead atoms. The molecule has 2 heterocycles. The molecule has 0 radical (unpaired) electrons. The molecule has 0 aromatic carbocycles. The van der Waals surface area contributed by atoms with Crippen LogP contribution in [0.25, 0.3) is 0 Å². The van der Waals surface area contributed by atoms with Gasteiger partial charge in [0, 0.05) is 11.1 Å². The summed E-state index contributed by atoms with van der Waals surface area (Å²) in [5.41, 5.74) is 6.41. The Balaban J connectivity index is 2.12. The quantitative estimate of drug-likeness (QED) is 0.845. The van der Waals surface area contributed by atoms with Gasteiger partial charge in [0.2, 0.25) is 0 Å². The largest absolute Gasteiger partial charge is 0.461 e. The van der Waals surface area contributed by atoms with Crippen LogP contribution in [0.15, 0.2) is 39.3 Å². The minimum absolute atomic E-state index is 0.145. The smallest absolute Gasteiger partial charge is 0.360 e. The number of pyridine rings is 1. The monoisotopic (exact) mass is 265 g/mol. The Bertz CT molecular complexity index is 556. The fraction of sp³-hybridized carbons (Fsp3) is 0.182. The molecule has 0 atom stereocenters. The predicted molar refractivity (Wildman–Crippen MR) is 65.2 cm³/mol. The second-order valence-corrected chi connectivity index (χ2v) is 4.23. The average Bonchev–Trinajstić information content (AvgIpc) is 2.81. The van der Waals surface area contributed by atoms with Gasteiger partial charge in [-0.25, -0.2) is 4.79 Å². The summed E-state index contributed by atoms with van der Waals surface area (Å²) in [6, 6.07) is 1.74. The van der Waals surface area contributed by atoms with Gasteiger partial charge in [-0.2, -0.15) is 4.98 Å². The Morgan fingerprint density at radius 2 is 2.44 bits per heavy atom. The molecule has 0 spiro atoms. The molecule has 0 saturated heterocycles. The zero-order valence-electron chi connectivity index (χ0n) is 9.62. The zero-order chi connectivity index (χ0) is 13.0. The van der Waals surface area contributed by atoms with E-state index in [2.05, 4.69) is 9.97 Å². The summed E-state index contributed by atoms with van der Waals surface area (Å²) in [7, 11) is 0. The minimum atomic E-state index is -0.504. The van der Waals surface area contributed by atoms with Gasteiger partial charge in [0.25, 0.3) is 5.22 Å². The minimum Gasteiger partial charge on any atom is -0.461 e. The van der Waals surface area contributed by atoms with Crippen molar-refractivity contribution in [3.63, 3.8) is 0 Å². The second-order valence-electron chi connectivity index (χ2n) is 3.23. The molecule has 7 heteroatoms. The highest BCUT2D eigenvalue weighted by Gasteiger charge is 2.14. The number of aromatic nitrogens is 2. The van der Waals surface area contributed by atoms with Gasteiger partial charge < -0.3 is 14.9 Å². The molecule has 0 aliphatic carbocycles. The summed E-state index contributed by atoms with van der Waals surface area (Å²) < 4.78 is 9.98. The van der Waals surface area contributed by atoms with Crippen LogP contribution >= 0.6 is 11.8 Å². The lowest BCUT2D eigenvalue weighted by Crippen LogP contribution is -2.04. The Labute approximate surface area is 108 Å². The standard InChI is InChI=1S/C11H11N3O3S/c1-2-16-10(15)8-6-17-11(14-8)18-9-3-4-13-5-7(9)12/h3-6H,2,12H2,1H3. The number of nitrogens with zero attached hydrogens (tertiary/aromatic N) is 2. The maximum absolute atomic E-state index is 11.4. The Kier molecular flexibility index (Phi) is 3.83. The van der Waals surface area contributed by atoms with Crippen LogP contribution in [0.3, 0.4) is 0 Å². The molecule has 0 aliphatic rings. The van der Waals surface area contributed by atoms with E-state index in [-0.39, 0.29) is 5.69 Å². The highest BCUT2D eigenvalue weighted by Crippen LogP contribution is 2.30. The van der Waals surface area contributed by atoms with Gasteiger partial charge in [0.05, 0.1) is 18.5 Å². The molecular formula is C11H11N3O3S. The third-order valence-corrected chi connectivity index (χ3v) is 2.93. The number of hydrogen-bond donors (Lipinski definition) is 1. The number of esters is 1. The summed E-state index contributed by atoms with van der Waals surface area (Å²) in [5.74, 6) is -0.504. The molecule has 0 fully saturated rings. The first kappa shape index (κ1) is 12.4. The van der Waals surface area contributed by atoms with E-state index in [9.17, 15) is 4.79 Å². The summed E-state index contributed by atoms with van der Waals surface area (Å²) in [6.07, 6.45) is 4.42. The SMILES string of the molecule is CCOC(=O)c1coc(Sc2ccncc2N)n1. The van der Waals surface area contributed by atoms with Crippen LogP contribution < -0.4 is 5.73 Å². The zero-order valence-corrected chi connectivity index (χ0v) is 10.4. The molecule has 0 amide bonds.